The minimum absolute atomic E-state index is 0.0258. The Morgan fingerprint density at radius 2 is 1.58 bits per heavy atom. The van der Waals surface area contributed by atoms with Gasteiger partial charge in [0.15, 0.2) is 6.29 Å². The quantitative estimate of drug-likeness (QED) is 0.229. The van der Waals surface area contributed by atoms with Gasteiger partial charge in [0, 0.05) is 0 Å². The molecule has 4 atom stereocenters. The second-order valence-electron chi connectivity index (χ2n) is 2.36. The van der Waals surface area contributed by atoms with Crippen LogP contribution in [0.25, 0.3) is 0 Å². The molecular weight excluding hydrogens is 180 g/mol. The van der Waals surface area contributed by atoms with Crippen molar-refractivity contribution in [3.63, 3.8) is 0 Å². The number of carbonyl (C=O) groups is 1. The van der Waals surface area contributed by atoms with Crippen molar-refractivity contribution < 1.29 is 30.3 Å². The predicted octanol–water partition coefficient (Wildman–Crippen LogP) is -3.38. The fraction of sp³-hybridized carbons (Fsp3) is 0.833. The highest BCUT2D eigenvalue weighted by atomic mass is 18.2. The first-order valence-electron chi connectivity index (χ1n) is 3.33. The molecule has 0 fully saturated rings. The second-order valence-corrected chi connectivity index (χ2v) is 2.36. The van der Waals surface area contributed by atoms with Crippen LogP contribution in [0.15, 0.2) is 0 Å². The van der Waals surface area contributed by atoms with Gasteiger partial charge in [-0.15, -0.1) is 0 Å². The van der Waals surface area contributed by atoms with E-state index in [4.69, 9.17) is 25.5 Å². The largest absolute Gasteiger partial charge is 0.394 e. The Morgan fingerprint density at radius 1 is 1.08 bits per heavy atom. The van der Waals surface area contributed by atoms with Gasteiger partial charge in [-0.25, -0.2) is 0 Å². The van der Waals surface area contributed by atoms with Crippen LogP contribution < -0.4 is 0 Å². The van der Waals surface area contributed by atoms with Gasteiger partial charge in [0.05, 0.1) is 6.61 Å². The van der Waals surface area contributed by atoms with Gasteiger partial charge < -0.3 is 30.3 Å². The summed E-state index contributed by atoms with van der Waals surface area (Å²) in [6, 6.07) is 0. The Bertz CT molecular complexity index is 138. The van der Waals surface area contributed by atoms with Crippen LogP contribution in [0.5, 0.6) is 0 Å². The molecule has 0 saturated heterocycles. The lowest BCUT2D eigenvalue weighted by atomic mass is 10.1. The Morgan fingerprint density at radius 3 is 1.92 bits per heavy atom. The van der Waals surface area contributed by atoms with Crippen molar-refractivity contribution in [2.75, 3.05) is 6.61 Å². The van der Waals surface area contributed by atoms with E-state index >= 15 is 0 Å². The van der Waals surface area contributed by atoms with Crippen LogP contribution in [0.1, 0.15) is 0 Å². The summed E-state index contributed by atoms with van der Waals surface area (Å²) in [5, 5.41) is 43.5. The van der Waals surface area contributed by atoms with Gasteiger partial charge in [0.2, 0.25) is 0 Å². The third-order valence-electron chi connectivity index (χ3n) is 1.42. The summed E-state index contributed by atoms with van der Waals surface area (Å²) in [5.74, 6) is 0. The van der Waals surface area contributed by atoms with E-state index < -0.39 is 31.0 Å². The number of rotatable bonds is 5. The highest BCUT2D eigenvalue weighted by molar-refractivity contribution is 5.56. The number of aliphatic hydroxyl groups is 5. The van der Waals surface area contributed by atoms with Crippen LogP contribution in [0, 0.1) is 0 Å². The Balaban J connectivity index is 4.07. The van der Waals surface area contributed by atoms with Crippen molar-refractivity contribution in [3.05, 3.63) is 0 Å². The van der Waals surface area contributed by atoms with E-state index in [1.807, 2.05) is 0 Å². The van der Waals surface area contributed by atoms with Gasteiger partial charge >= 0.3 is 0 Å². The molecular formula is C6H12O6. The molecule has 0 aromatic rings. The average Bonchev–Trinajstić information content (AvgIpc) is 2.12. The van der Waals surface area contributed by atoms with Crippen LogP contribution in [-0.4, -0.2) is 62.8 Å². The van der Waals surface area contributed by atoms with Crippen LogP contribution in [0.2, 0.25) is 0 Å². The van der Waals surface area contributed by atoms with Crippen molar-refractivity contribution in [1.29, 1.82) is 0 Å². The smallest absolute Gasteiger partial charge is 0.151 e. The van der Waals surface area contributed by atoms with Crippen molar-refractivity contribution >= 4 is 6.29 Å². The average molecular weight is 192 g/mol. The lowest BCUT2D eigenvalue weighted by molar-refractivity contribution is -0.136. The molecule has 12 heavy (non-hydrogen) atoms. The maximum atomic E-state index is 9.90. The normalized spacial score (nSPS) is 21.1. The number of aldehydes is 1. The molecule has 0 aromatic carbocycles. The van der Waals surface area contributed by atoms with E-state index in [0.717, 1.165) is 0 Å². The van der Waals surface area contributed by atoms with E-state index in [1.54, 1.807) is 0 Å². The van der Waals surface area contributed by atoms with E-state index in [-0.39, 0.29) is 6.29 Å². The first-order chi connectivity index (χ1) is 5.54. The number of hydrogen-bond donors (Lipinski definition) is 5. The summed E-state index contributed by atoms with van der Waals surface area (Å²) < 4.78 is 0. The summed E-state index contributed by atoms with van der Waals surface area (Å²) in [6.07, 6.45) is -6.84. The molecule has 0 amide bonds. The molecule has 6 heteroatoms. The molecule has 0 aliphatic carbocycles. The van der Waals surface area contributed by atoms with Crippen molar-refractivity contribution in [2.24, 2.45) is 0 Å². The lowest BCUT2D eigenvalue weighted by Crippen LogP contribution is -2.46. The summed E-state index contributed by atoms with van der Waals surface area (Å²) in [6.45, 7) is -0.760. The second kappa shape index (κ2) is 5.18. The third kappa shape index (κ3) is 2.84. The van der Waals surface area contributed by atoms with E-state index in [2.05, 4.69) is 0 Å². The topological polar surface area (TPSA) is 118 Å². The number of carbonyl (C=O) groups excluding carboxylic acids is 1. The summed E-state index contributed by atoms with van der Waals surface area (Å²) >= 11 is 0. The maximum Gasteiger partial charge on any atom is 0.151 e. The van der Waals surface area contributed by atoms with Gasteiger partial charge in [-0.05, 0) is 0 Å². The molecule has 0 bridgehead atoms. The minimum Gasteiger partial charge on any atom is -0.394 e. The zero-order chi connectivity index (χ0) is 9.72. The molecule has 0 rings (SSSR count). The van der Waals surface area contributed by atoms with Crippen molar-refractivity contribution in [3.8, 4) is 0 Å². The standard InChI is InChI=1S/C6H12O6/c7-1-3(9)5(11)6(12)4(10)2-8/h1,3-6,8-12H,2H2/t3-,4+,5-,6-/m0/s1/i7+2,8+2,9+2,10+2,11+2,12+2. The zero-order valence-electron chi connectivity index (χ0n) is 6.24. The first-order valence-corrected chi connectivity index (χ1v) is 3.33. The molecule has 0 heterocycles. The molecule has 0 aromatic heterocycles. The molecule has 6 nitrogen and oxygen atoms in total. The van der Waals surface area contributed by atoms with Gasteiger partial charge in [-0.2, -0.15) is 0 Å². The molecule has 0 aliphatic rings. The molecule has 0 saturated carbocycles. The van der Waals surface area contributed by atoms with E-state index in [1.165, 1.54) is 0 Å². The van der Waals surface area contributed by atoms with Crippen LogP contribution in [0.4, 0.5) is 0 Å². The predicted molar refractivity (Wildman–Crippen MR) is 37.2 cm³/mol. The summed E-state index contributed by atoms with van der Waals surface area (Å²) in [5.41, 5.74) is 0. The first kappa shape index (κ1) is 11.5. The molecule has 0 aliphatic heterocycles. The highest BCUT2D eigenvalue weighted by Gasteiger charge is 2.29. The SMILES string of the molecule is [18O]=C[C@H]([18OH])[C@H]([18OH])[C@@H]([18OH])[C@H]([18OH])C[18OH]. The Labute approximate surface area is 68.7 Å². The third-order valence-corrected chi connectivity index (χ3v) is 1.42. The van der Waals surface area contributed by atoms with Crippen molar-refractivity contribution in [2.45, 2.75) is 24.4 Å². The fourth-order valence-electron chi connectivity index (χ4n) is 0.618. The van der Waals surface area contributed by atoms with Crippen molar-refractivity contribution in [1.82, 2.24) is 0 Å². The molecule has 0 radical (unpaired) electrons. The molecule has 72 valence electrons. The summed E-state index contributed by atoms with van der Waals surface area (Å²) in [4.78, 5) is 9.90. The van der Waals surface area contributed by atoms with Crippen LogP contribution in [0.3, 0.4) is 0 Å². The number of aliphatic hydroxyl groups excluding tert-OH is 5. The van der Waals surface area contributed by atoms with E-state index in [0.29, 0.717) is 0 Å². The molecule has 0 unspecified atom stereocenters. The maximum absolute atomic E-state index is 9.90. The Hall–Kier alpha value is -0.530. The van der Waals surface area contributed by atoms with Gasteiger partial charge in [-0.1, -0.05) is 0 Å². The Kier molecular flexibility index (Phi) is 4.95. The van der Waals surface area contributed by atoms with Gasteiger partial charge in [0.1, 0.15) is 24.4 Å². The zero-order valence-corrected chi connectivity index (χ0v) is 6.24. The summed E-state index contributed by atoms with van der Waals surface area (Å²) in [7, 11) is 0. The molecule has 0 spiro atoms. The van der Waals surface area contributed by atoms with Gasteiger partial charge in [-0.3, -0.25) is 0 Å². The van der Waals surface area contributed by atoms with E-state index in [9.17, 15) is 4.79 Å². The fourth-order valence-corrected chi connectivity index (χ4v) is 0.618. The van der Waals surface area contributed by atoms with Crippen LogP contribution >= 0.6 is 0 Å². The monoisotopic (exact) mass is 192 g/mol. The minimum atomic E-state index is -1.79. The van der Waals surface area contributed by atoms with Crippen LogP contribution in [-0.2, 0) is 4.79 Å². The molecule has 5 N–H and O–H groups in total. The number of hydrogen-bond acceptors (Lipinski definition) is 6. The lowest BCUT2D eigenvalue weighted by Gasteiger charge is -2.22. The van der Waals surface area contributed by atoms with Gasteiger partial charge in [0.25, 0.3) is 0 Å². The highest BCUT2D eigenvalue weighted by Crippen LogP contribution is 2.02.